The van der Waals surface area contributed by atoms with Crippen LogP contribution >= 0.6 is 0 Å². The van der Waals surface area contributed by atoms with Crippen LogP contribution in [0.3, 0.4) is 0 Å². The summed E-state index contributed by atoms with van der Waals surface area (Å²) in [6.45, 7) is 3.77. The summed E-state index contributed by atoms with van der Waals surface area (Å²) in [4.78, 5) is 14.8. The van der Waals surface area contributed by atoms with E-state index in [4.69, 9.17) is 0 Å². The minimum atomic E-state index is -0.303. The summed E-state index contributed by atoms with van der Waals surface area (Å²) >= 11 is 0. The van der Waals surface area contributed by atoms with Crippen molar-refractivity contribution >= 4 is 16.7 Å². The molecule has 0 bridgehead atoms. The lowest BCUT2D eigenvalue weighted by Gasteiger charge is -1.99. The Kier molecular flexibility index (Phi) is 2.77. The number of para-hydroxylation sites is 1. The first-order chi connectivity index (χ1) is 7.69. The standard InChI is InChI=1S/C13H14FNO/c1-3-10-12(11(16)4-2)8-6-5-7-9(14)13(8)15-10/h5-7,15H,3-4H2,1-2H3. The van der Waals surface area contributed by atoms with E-state index in [1.54, 1.807) is 12.1 Å². The van der Waals surface area contributed by atoms with Crippen molar-refractivity contribution in [1.82, 2.24) is 4.98 Å². The number of aromatic nitrogens is 1. The number of carbonyl (C=O) groups excluding carboxylic acids is 1. The molecule has 2 aromatic rings. The molecule has 0 radical (unpaired) electrons. The Morgan fingerprint density at radius 2 is 2.12 bits per heavy atom. The van der Waals surface area contributed by atoms with E-state index in [0.29, 0.717) is 29.3 Å². The second kappa shape index (κ2) is 4.08. The van der Waals surface area contributed by atoms with Crippen LogP contribution in [-0.2, 0) is 6.42 Å². The zero-order valence-corrected chi connectivity index (χ0v) is 9.43. The van der Waals surface area contributed by atoms with Crippen LogP contribution in [0.25, 0.3) is 10.9 Å². The number of rotatable bonds is 3. The molecule has 3 heteroatoms. The lowest BCUT2D eigenvalue weighted by Crippen LogP contribution is -1.99. The smallest absolute Gasteiger partial charge is 0.165 e. The van der Waals surface area contributed by atoms with Gasteiger partial charge in [-0.2, -0.15) is 0 Å². The molecule has 16 heavy (non-hydrogen) atoms. The molecule has 0 atom stereocenters. The lowest BCUT2D eigenvalue weighted by molar-refractivity contribution is 0.0989. The largest absolute Gasteiger partial charge is 0.355 e. The van der Waals surface area contributed by atoms with Gasteiger partial charge in [-0.05, 0) is 12.5 Å². The number of benzene rings is 1. The van der Waals surface area contributed by atoms with Gasteiger partial charge in [0.05, 0.1) is 5.52 Å². The van der Waals surface area contributed by atoms with Crippen LogP contribution in [0.4, 0.5) is 4.39 Å². The highest BCUT2D eigenvalue weighted by Crippen LogP contribution is 2.26. The third-order valence-electron chi connectivity index (χ3n) is 2.81. The van der Waals surface area contributed by atoms with Gasteiger partial charge >= 0.3 is 0 Å². The molecule has 2 rings (SSSR count). The molecule has 2 nitrogen and oxygen atoms in total. The molecule has 1 aromatic heterocycles. The normalized spacial score (nSPS) is 10.9. The molecule has 1 aromatic carbocycles. The third-order valence-corrected chi connectivity index (χ3v) is 2.81. The molecular formula is C13H14FNO. The maximum absolute atomic E-state index is 13.5. The van der Waals surface area contributed by atoms with Crippen molar-refractivity contribution in [2.45, 2.75) is 26.7 Å². The van der Waals surface area contributed by atoms with E-state index in [-0.39, 0.29) is 11.6 Å². The lowest BCUT2D eigenvalue weighted by atomic mass is 10.0. The zero-order valence-electron chi connectivity index (χ0n) is 9.43. The number of ketones is 1. The molecule has 0 saturated heterocycles. The van der Waals surface area contributed by atoms with E-state index < -0.39 is 0 Å². The minimum Gasteiger partial charge on any atom is -0.355 e. The fourth-order valence-electron chi connectivity index (χ4n) is 2.00. The Morgan fingerprint density at radius 3 is 2.75 bits per heavy atom. The van der Waals surface area contributed by atoms with Crippen LogP contribution in [-0.4, -0.2) is 10.8 Å². The van der Waals surface area contributed by atoms with Crippen LogP contribution in [0.1, 0.15) is 36.3 Å². The predicted molar refractivity (Wildman–Crippen MR) is 62.3 cm³/mol. The molecule has 1 heterocycles. The Balaban J connectivity index is 2.78. The summed E-state index contributed by atoms with van der Waals surface area (Å²) in [7, 11) is 0. The average molecular weight is 219 g/mol. The first kappa shape index (κ1) is 10.9. The van der Waals surface area contributed by atoms with Gasteiger partial charge < -0.3 is 4.98 Å². The maximum Gasteiger partial charge on any atom is 0.165 e. The van der Waals surface area contributed by atoms with Crippen molar-refractivity contribution in [2.24, 2.45) is 0 Å². The van der Waals surface area contributed by atoms with Gasteiger partial charge in [-0.3, -0.25) is 4.79 Å². The molecule has 0 unspecified atom stereocenters. The summed E-state index contributed by atoms with van der Waals surface area (Å²) in [6, 6.07) is 4.83. The monoisotopic (exact) mass is 219 g/mol. The van der Waals surface area contributed by atoms with Gasteiger partial charge in [0.15, 0.2) is 5.78 Å². The summed E-state index contributed by atoms with van der Waals surface area (Å²) in [5.74, 6) is -0.240. The molecule has 1 N–H and O–H groups in total. The Labute approximate surface area is 93.5 Å². The Bertz CT molecular complexity index is 542. The van der Waals surface area contributed by atoms with Crippen LogP contribution in [0, 0.1) is 5.82 Å². The van der Waals surface area contributed by atoms with Gasteiger partial charge in [-0.1, -0.05) is 26.0 Å². The molecule has 0 fully saturated rings. The SMILES string of the molecule is CCC(=O)c1c(CC)[nH]c2c(F)cccc12. The average Bonchev–Trinajstić information content (AvgIpc) is 2.68. The number of carbonyl (C=O) groups is 1. The van der Waals surface area contributed by atoms with Crippen molar-refractivity contribution in [3.63, 3.8) is 0 Å². The number of Topliss-reactive ketones (excluding diaryl/α,β-unsaturated/α-hetero) is 1. The number of fused-ring (bicyclic) bond motifs is 1. The fraction of sp³-hybridized carbons (Fsp3) is 0.308. The molecular weight excluding hydrogens is 205 g/mol. The van der Waals surface area contributed by atoms with Crippen LogP contribution < -0.4 is 0 Å². The number of aromatic amines is 1. The second-order valence-corrected chi connectivity index (χ2v) is 3.77. The van der Waals surface area contributed by atoms with Crippen LogP contribution in [0.2, 0.25) is 0 Å². The van der Waals surface area contributed by atoms with Gasteiger partial charge in [0.25, 0.3) is 0 Å². The first-order valence-electron chi connectivity index (χ1n) is 5.51. The summed E-state index contributed by atoms with van der Waals surface area (Å²) in [5.41, 5.74) is 1.92. The van der Waals surface area contributed by atoms with Crippen molar-refractivity contribution in [3.8, 4) is 0 Å². The highest BCUT2D eigenvalue weighted by molar-refractivity contribution is 6.09. The summed E-state index contributed by atoms with van der Waals surface area (Å²) in [5, 5.41) is 0.698. The molecule has 0 aliphatic carbocycles. The number of H-pyrrole nitrogens is 1. The van der Waals surface area contributed by atoms with E-state index in [9.17, 15) is 9.18 Å². The van der Waals surface area contributed by atoms with Crippen molar-refractivity contribution in [3.05, 3.63) is 35.3 Å². The van der Waals surface area contributed by atoms with Crippen LogP contribution in [0.15, 0.2) is 18.2 Å². The zero-order chi connectivity index (χ0) is 11.7. The predicted octanol–water partition coefficient (Wildman–Crippen LogP) is 3.46. The van der Waals surface area contributed by atoms with Crippen molar-refractivity contribution < 1.29 is 9.18 Å². The molecule has 0 aliphatic heterocycles. The Morgan fingerprint density at radius 1 is 1.38 bits per heavy atom. The summed E-state index contributed by atoms with van der Waals surface area (Å²) < 4.78 is 13.5. The molecule has 0 saturated carbocycles. The van der Waals surface area contributed by atoms with E-state index in [2.05, 4.69) is 4.98 Å². The number of halogens is 1. The molecule has 0 aliphatic rings. The topological polar surface area (TPSA) is 32.9 Å². The first-order valence-corrected chi connectivity index (χ1v) is 5.51. The minimum absolute atomic E-state index is 0.0636. The third kappa shape index (κ3) is 1.52. The van der Waals surface area contributed by atoms with E-state index in [1.807, 2.05) is 13.8 Å². The number of nitrogens with one attached hydrogen (secondary N) is 1. The van der Waals surface area contributed by atoms with Crippen molar-refractivity contribution in [1.29, 1.82) is 0 Å². The maximum atomic E-state index is 13.5. The molecule has 0 spiro atoms. The quantitative estimate of drug-likeness (QED) is 0.788. The van der Waals surface area contributed by atoms with Gasteiger partial charge in [-0.25, -0.2) is 4.39 Å². The van der Waals surface area contributed by atoms with Gasteiger partial charge in [0.2, 0.25) is 0 Å². The van der Waals surface area contributed by atoms with Gasteiger partial charge in [0, 0.05) is 23.1 Å². The van der Waals surface area contributed by atoms with E-state index in [0.717, 1.165) is 5.69 Å². The fourth-order valence-corrected chi connectivity index (χ4v) is 2.00. The van der Waals surface area contributed by atoms with Gasteiger partial charge in [-0.15, -0.1) is 0 Å². The van der Waals surface area contributed by atoms with Crippen LogP contribution in [0.5, 0.6) is 0 Å². The number of hydrogen-bond acceptors (Lipinski definition) is 1. The summed E-state index contributed by atoms with van der Waals surface area (Å²) in [6.07, 6.45) is 1.14. The van der Waals surface area contributed by atoms with Crippen molar-refractivity contribution in [2.75, 3.05) is 0 Å². The second-order valence-electron chi connectivity index (χ2n) is 3.77. The van der Waals surface area contributed by atoms with E-state index >= 15 is 0 Å². The molecule has 0 amide bonds. The Hall–Kier alpha value is -1.64. The number of hydrogen-bond donors (Lipinski definition) is 1. The van der Waals surface area contributed by atoms with E-state index in [1.165, 1.54) is 6.07 Å². The molecule has 84 valence electrons. The highest BCUT2D eigenvalue weighted by Gasteiger charge is 2.17. The highest BCUT2D eigenvalue weighted by atomic mass is 19.1. The van der Waals surface area contributed by atoms with Gasteiger partial charge in [0.1, 0.15) is 5.82 Å². The number of aryl methyl sites for hydroxylation is 1.